The Morgan fingerprint density at radius 2 is 1.92 bits per heavy atom. The van der Waals surface area contributed by atoms with E-state index in [4.69, 9.17) is 4.74 Å². The van der Waals surface area contributed by atoms with Crippen molar-refractivity contribution in [3.05, 3.63) is 65.7 Å². The lowest BCUT2D eigenvalue weighted by Gasteiger charge is -2.23. The maximum Gasteiger partial charge on any atom is 0.331 e. The summed E-state index contributed by atoms with van der Waals surface area (Å²) in [4.78, 5) is 12.2. The lowest BCUT2D eigenvalue weighted by molar-refractivity contribution is -0.146. The highest BCUT2D eigenvalue weighted by molar-refractivity contribution is 7.99. The van der Waals surface area contributed by atoms with Gasteiger partial charge >= 0.3 is 5.97 Å². The van der Waals surface area contributed by atoms with Crippen molar-refractivity contribution in [2.45, 2.75) is 23.2 Å². The molecule has 0 radical (unpaired) electrons. The van der Waals surface area contributed by atoms with Crippen LogP contribution in [0.3, 0.4) is 0 Å². The summed E-state index contributed by atoms with van der Waals surface area (Å²) in [6.45, 7) is 1.94. The first-order valence-electron chi connectivity index (χ1n) is 7.71. The van der Waals surface area contributed by atoms with Gasteiger partial charge in [0.15, 0.2) is 0 Å². The molecule has 4 nitrogen and oxygen atoms in total. The number of aryl methyl sites for hydroxylation is 1. The van der Waals surface area contributed by atoms with Crippen LogP contribution in [0, 0.1) is 6.92 Å². The minimum Gasteiger partial charge on any atom is -0.467 e. The average molecular weight is 346 g/mol. The molecule has 0 aliphatic carbocycles. The number of methoxy groups -OCH3 is 1. The van der Waals surface area contributed by atoms with E-state index in [0.717, 1.165) is 10.5 Å². The molecule has 24 heavy (non-hydrogen) atoms. The second kappa shape index (κ2) is 9.47. The normalized spacial score (nSPS) is 13.3. The van der Waals surface area contributed by atoms with Gasteiger partial charge < -0.3 is 14.6 Å². The Labute approximate surface area is 146 Å². The molecule has 0 bridgehead atoms. The van der Waals surface area contributed by atoms with Crippen LogP contribution >= 0.6 is 11.8 Å². The van der Waals surface area contributed by atoms with Crippen LogP contribution in [0.5, 0.6) is 0 Å². The van der Waals surface area contributed by atoms with Crippen molar-refractivity contribution in [2.75, 3.05) is 20.3 Å². The van der Waals surface area contributed by atoms with Crippen LogP contribution in [0.2, 0.25) is 0 Å². The molecular weight excluding hydrogens is 324 g/mol. The Kier molecular flexibility index (Phi) is 7.31. The van der Waals surface area contributed by atoms with Crippen LogP contribution < -0.4 is 0 Å². The van der Waals surface area contributed by atoms with Gasteiger partial charge in [0.2, 0.25) is 0 Å². The first-order chi connectivity index (χ1) is 11.6. The number of benzene rings is 2. The zero-order valence-electron chi connectivity index (χ0n) is 13.8. The molecule has 0 saturated carbocycles. The van der Waals surface area contributed by atoms with Crippen molar-refractivity contribution in [1.29, 1.82) is 0 Å². The van der Waals surface area contributed by atoms with Gasteiger partial charge in [0.25, 0.3) is 0 Å². The summed E-state index contributed by atoms with van der Waals surface area (Å²) in [7, 11) is 1.31. The summed E-state index contributed by atoms with van der Waals surface area (Å²) in [5.41, 5.74) is 2.18. The third-order valence-corrected chi connectivity index (χ3v) is 4.83. The van der Waals surface area contributed by atoms with E-state index in [9.17, 15) is 9.90 Å². The standard InChI is InChI=1S/C19H22O4S/c1-14-7-6-10-16(11-14)24-19(15-8-4-3-5-9-15)17(20)12-23-13-18(21)22-2/h3-11,17,19-20H,12-13H2,1-2H3. The summed E-state index contributed by atoms with van der Waals surface area (Å²) in [6, 6.07) is 17.9. The maximum atomic E-state index is 11.1. The predicted octanol–water partition coefficient (Wildman–Crippen LogP) is 3.38. The lowest BCUT2D eigenvalue weighted by Crippen LogP contribution is -2.24. The fraction of sp³-hybridized carbons (Fsp3) is 0.316. The number of aliphatic hydroxyl groups excluding tert-OH is 1. The molecule has 5 heteroatoms. The van der Waals surface area contributed by atoms with Gasteiger partial charge in [0, 0.05) is 4.90 Å². The highest BCUT2D eigenvalue weighted by Gasteiger charge is 2.23. The van der Waals surface area contributed by atoms with Crippen LogP contribution in [0.25, 0.3) is 0 Å². The molecule has 0 heterocycles. The summed E-state index contributed by atoms with van der Waals surface area (Å²) < 4.78 is 9.81. The highest BCUT2D eigenvalue weighted by atomic mass is 32.2. The highest BCUT2D eigenvalue weighted by Crippen LogP contribution is 2.38. The second-order valence-corrected chi connectivity index (χ2v) is 6.64. The zero-order chi connectivity index (χ0) is 17.4. The zero-order valence-corrected chi connectivity index (χ0v) is 14.7. The number of carbonyl (C=O) groups is 1. The molecule has 0 aliphatic rings. The van der Waals surface area contributed by atoms with E-state index in [-0.39, 0.29) is 18.5 Å². The molecular formula is C19H22O4S. The van der Waals surface area contributed by atoms with Crippen LogP contribution in [-0.2, 0) is 14.3 Å². The molecule has 0 fully saturated rings. The third kappa shape index (κ3) is 5.67. The number of hydrogen-bond donors (Lipinski definition) is 1. The molecule has 128 valence electrons. The van der Waals surface area contributed by atoms with Crippen LogP contribution in [0.1, 0.15) is 16.4 Å². The van der Waals surface area contributed by atoms with Crippen molar-refractivity contribution in [1.82, 2.24) is 0 Å². The van der Waals surface area contributed by atoms with E-state index in [1.807, 2.05) is 55.5 Å². The topological polar surface area (TPSA) is 55.8 Å². The monoisotopic (exact) mass is 346 g/mol. The number of carbonyl (C=O) groups excluding carboxylic acids is 1. The number of aliphatic hydroxyl groups is 1. The number of thioether (sulfide) groups is 1. The van der Waals surface area contributed by atoms with E-state index in [2.05, 4.69) is 10.8 Å². The Balaban J connectivity index is 2.09. The number of esters is 1. The van der Waals surface area contributed by atoms with E-state index in [1.54, 1.807) is 11.8 Å². The molecule has 1 N–H and O–H groups in total. The quantitative estimate of drug-likeness (QED) is 0.587. The molecule has 2 aromatic rings. The van der Waals surface area contributed by atoms with Crippen molar-refractivity contribution in [3.8, 4) is 0 Å². The molecule has 2 aromatic carbocycles. The van der Waals surface area contributed by atoms with Gasteiger partial charge in [0.05, 0.1) is 25.1 Å². The fourth-order valence-corrected chi connectivity index (χ4v) is 3.49. The van der Waals surface area contributed by atoms with Gasteiger partial charge in [-0.3, -0.25) is 0 Å². The number of hydrogen-bond acceptors (Lipinski definition) is 5. The Bertz CT molecular complexity index is 645. The molecule has 0 saturated heterocycles. The Morgan fingerprint density at radius 3 is 2.58 bits per heavy atom. The SMILES string of the molecule is COC(=O)COCC(O)C(Sc1cccc(C)c1)c1ccccc1. The summed E-state index contributed by atoms with van der Waals surface area (Å²) in [5, 5.41) is 10.4. The first kappa shape index (κ1) is 18.5. The van der Waals surface area contributed by atoms with Gasteiger partial charge in [-0.25, -0.2) is 4.79 Å². The van der Waals surface area contributed by atoms with E-state index in [0.29, 0.717) is 0 Å². The second-order valence-electron chi connectivity index (χ2n) is 5.42. The Hall–Kier alpha value is -1.82. The van der Waals surface area contributed by atoms with Crippen LogP contribution in [0.4, 0.5) is 0 Å². The minimum atomic E-state index is -0.748. The Morgan fingerprint density at radius 1 is 1.17 bits per heavy atom. The third-order valence-electron chi connectivity index (χ3n) is 3.47. The van der Waals surface area contributed by atoms with Gasteiger partial charge in [-0.2, -0.15) is 0 Å². The number of rotatable bonds is 8. The van der Waals surface area contributed by atoms with Crippen LogP contribution in [-0.4, -0.2) is 37.5 Å². The van der Waals surface area contributed by atoms with Crippen molar-refractivity contribution in [3.63, 3.8) is 0 Å². The minimum absolute atomic E-state index is 0.0630. The van der Waals surface area contributed by atoms with Crippen molar-refractivity contribution >= 4 is 17.7 Å². The summed E-state index contributed by atoms with van der Waals surface area (Å²) in [6.07, 6.45) is -0.748. The summed E-state index contributed by atoms with van der Waals surface area (Å²) in [5.74, 6) is -0.454. The smallest absolute Gasteiger partial charge is 0.331 e. The largest absolute Gasteiger partial charge is 0.467 e. The predicted molar refractivity (Wildman–Crippen MR) is 95.1 cm³/mol. The van der Waals surface area contributed by atoms with E-state index >= 15 is 0 Å². The van der Waals surface area contributed by atoms with Gasteiger partial charge in [-0.1, -0.05) is 48.0 Å². The van der Waals surface area contributed by atoms with Crippen molar-refractivity contribution < 1.29 is 19.4 Å². The fourth-order valence-electron chi connectivity index (χ4n) is 2.26. The van der Waals surface area contributed by atoms with Gasteiger partial charge in [-0.15, -0.1) is 11.8 Å². The van der Waals surface area contributed by atoms with Gasteiger partial charge in [0.1, 0.15) is 6.61 Å². The van der Waals surface area contributed by atoms with Gasteiger partial charge in [-0.05, 0) is 24.6 Å². The lowest BCUT2D eigenvalue weighted by atomic mass is 10.1. The number of ether oxygens (including phenoxy) is 2. The molecule has 2 rings (SSSR count). The molecule has 0 aromatic heterocycles. The maximum absolute atomic E-state index is 11.1. The first-order valence-corrected chi connectivity index (χ1v) is 8.59. The van der Waals surface area contributed by atoms with Crippen LogP contribution in [0.15, 0.2) is 59.5 Å². The average Bonchev–Trinajstić information content (AvgIpc) is 2.60. The summed E-state index contributed by atoms with van der Waals surface area (Å²) >= 11 is 1.58. The molecule has 2 unspecified atom stereocenters. The van der Waals surface area contributed by atoms with E-state index < -0.39 is 12.1 Å². The van der Waals surface area contributed by atoms with Crippen molar-refractivity contribution in [2.24, 2.45) is 0 Å². The molecule has 2 atom stereocenters. The molecule has 0 amide bonds. The van der Waals surface area contributed by atoms with E-state index in [1.165, 1.54) is 12.7 Å². The molecule has 0 spiro atoms. The molecule has 0 aliphatic heterocycles.